The molecule has 0 atom stereocenters. The number of halogens is 1. The van der Waals surface area contributed by atoms with Crippen LogP contribution in [0.5, 0.6) is 11.5 Å². The molecule has 1 aliphatic heterocycles. The van der Waals surface area contributed by atoms with Gasteiger partial charge in [0.15, 0.2) is 11.5 Å². The molecule has 0 bridgehead atoms. The fourth-order valence-corrected chi connectivity index (χ4v) is 3.79. The molecule has 0 unspecified atom stereocenters. The lowest BCUT2D eigenvalue weighted by atomic mass is 10.0. The van der Waals surface area contributed by atoms with Gasteiger partial charge in [-0.1, -0.05) is 48.0 Å². The molecule has 0 aromatic heterocycles. The van der Waals surface area contributed by atoms with Crippen LogP contribution in [0.4, 0.5) is 16.2 Å². The van der Waals surface area contributed by atoms with E-state index >= 15 is 0 Å². The first kappa shape index (κ1) is 25.4. The molecule has 11 heteroatoms. The zero-order valence-electron chi connectivity index (χ0n) is 19.7. The fraction of sp³-hybridized carbons (Fsp3) is 0.115. The molecule has 4 rings (SSSR count). The third kappa shape index (κ3) is 5.29. The summed E-state index contributed by atoms with van der Waals surface area (Å²) in [6.45, 7) is 1.88. The predicted molar refractivity (Wildman–Crippen MR) is 136 cm³/mol. The van der Waals surface area contributed by atoms with Crippen LogP contribution in [0.3, 0.4) is 0 Å². The molecule has 1 aliphatic rings. The lowest BCUT2D eigenvalue weighted by molar-refractivity contribution is -0.385. The van der Waals surface area contributed by atoms with Gasteiger partial charge in [-0.25, -0.2) is 9.69 Å². The van der Waals surface area contributed by atoms with Gasteiger partial charge >= 0.3 is 6.03 Å². The Morgan fingerprint density at radius 3 is 2.43 bits per heavy atom. The second-order valence-electron chi connectivity index (χ2n) is 7.98. The Kier molecular flexibility index (Phi) is 7.21. The van der Waals surface area contributed by atoms with Gasteiger partial charge in [-0.05, 0) is 42.3 Å². The number of anilines is 1. The van der Waals surface area contributed by atoms with Crippen molar-refractivity contribution in [3.63, 3.8) is 0 Å². The third-order valence-electron chi connectivity index (χ3n) is 5.56. The number of nitro benzene ring substituents is 1. The summed E-state index contributed by atoms with van der Waals surface area (Å²) in [6, 6.07) is 15.2. The van der Waals surface area contributed by atoms with Crippen molar-refractivity contribution in [3.8, 4) is 11.5 Å². The predicted octanol–water partition coefficient (Wildman–Crippen LogP) is 4.81. The second kappa shape index (κ2) is 10.5. The number of imide groups is 2. The van der Waals surface area contributed by atoms with Gasteiger partial charge in [0, 0.05) is 5.02 Å². The molecule has 1 fully saturated rings. The SMILES string of the molecule is COc1cc(/C=C2/C(=O)NC(=O)N(c3ccc(C)c(Cl)c3)C2=O)c([N+](=O)[O-])cc1OCc1ccccc1. The largest absolute Gasteiger partial charge is 0.493 e. The molecule has 0 spiro atoms. The number of nitro groups is 1. The Morgan fingerprint density at radius 1 is 1.05 bits per heavy atom. The molecule has 3 aromatic carbocycles. The number of nitrogens with one attached hydrogen (secondary N) is 1. The molecule has 37 heavy (non-hydrogen) atoms. The summed E-state index contributed by atoms with van der Waals surface area (Å²) in [7, 11) is 1.35. The number of amides is 4. The molecule has 0 aliphatic carbocycles. The Balaban J connectivity index is 1.73. The minimum Gasteiger partial charge on any atom is -0.493 e. The lowest BCUT2D eigenvalue weighted by Crippen LogP contribution is -2.54. The van der Waals surface area contributed by atoms with Crippen molar-refractivity contribution >= 4 is 46.9 Å². The van der Waals surface area contributed by atoms with Gasteiger partial charge in [-0.3, -0.25) is 25.0 Å². The molecule has 188 valence electrons. The summed E-state index contributed by atoms with van der Waals surface area (Å²) in [5, 5.41) is 14.3. The Labute approximate surface area is 216 Å². The maximum Gasteiger partial charge on any atom is 0.335 e. The second-order valence-corrected chi connectivity index (χ2v) is 8.39. The number of methoxy groups -OCH3 is 1. The van der Waals surface area contributed by atoms with E-state index in [1.807, 2.05) is 30.3 Å². The first-order valence-corrected chi connectivity index (χ1v) is 11.3. The molecular weight excluding hydrogens is 502 g/mol. The third-order valence-corrected chi connectivity index (χ3v) is 5.97. The average molecular weight is 522 g/mol. The molecule has 0 radical (unpaired) electrons. The zero-order chi connectivity index (χ0) is 26.7. The number of hydrogen-bond acceptors (Lipinski definition) is 7. The van der Waals surface area contributed by atoms with E-state index in [1.54, 1.807) is 13.0 Å². The van der Waals surface area contributed by atoms with Crippen molar-refractivity contribution in [1.29, 1.82) is 0 Å². The minimum absolute atomic E-state index is 0.0938. The molecule has 1 N–H and O–H groups in total. The summed E-state index contributed by atoms with van der Waals surface area (Å²) in [4.78, 5) is 50.2. The van der Waals surface area contributed by atoms with Crippen LogP contribution in [-0.4, -0.2) is 29.9 Å². The average Bonchev–Trinajstić information content (AvgIpc) is 2.87. The Morgan fingerprint density at radius 2 is 1.78 bits per heavy atom. The fourth-order valence-electron chi connectivity index (χ4n) is 3.61. The van der Waals surface area contributed by atoms with Crippen LogP contribution in [0.15, 0.2) is 66.2 Å². The van der Waals surface area contributed by atoms with Gasteiger partial charge in [0.1, 0.15) is 12.2 Å². The van der Waals surface area contributed by atoms with E-state index in [-0.39, 0.29) is 29.4 Å². The van der Waals surface area contributed by atoms with Crippen LogP contribution in [0.2, 0.25) is 5.02 Å². The van der Waals surface area contributed by atoms with Crippen LogP contribution in [0, 0.1) is 17.0 Å². The number of barbiturate groups is 1. The number of aryl methyl sites for hydroxylation is 1. The van der Waals surface area contributed by atoms with Gasteiger partial charge in [-0.2, -0.15) is 0 Å². The highest BCUT2D eigenvalue weighted by molar-refractivity contribution is 6.39. The highest BCUT2D eigenvalue weighted by atomic mass is 35.5. The van der Waals surface area contributed by atoms with Gasteiger partial charge < -0.3 is 9.47 Å². The van der Waals surface area contributed by atoms with Crippen molar-refractivity contribution < 1.29 is 28.8 Å². The Bertz CT molecular complexity index is 1450. The lowest BCUT2D eigenvalue weighted by Gasteiger charge is -2.26. The number of nitrogens with zero attached hydrogens (tertiary/aromatic N) is 2. The quantitative estimate of drug-likeness (QED) is 0.204. The first-order valence-electron chi connectivity index (χ1n) is 10.9. The first-order chi connectivity index (χ1) is 17.7. The molecule has 3 aromatic rings. The van der Waals surface area contributed by atoms with E-state index in [4.69, 9.17) is 21.1 Å². The summed E-state index contributed by atoms with van der Waals surface area (Å²) < 4.78 is 11.1. The van der Waals surface area contributed by atoms with Crippen molar-refractivity contribution in [1.82, 2.24) is 5.32 Å². The summed E-state index contributed by atoms with van der Waals surface area (Å²) in [5.41, 5.74) is 0.679. The highest BCUT2D eigenvalue weighted by Gasteiger charge is 2.37. The molecule has 4 amide bonds. The number of hydrogen-bond donors (Lipinski definition) is 1. The van der Waals surface area contributed by atoms with Crippen LogP contribution >= 0.6 is 11.6 Å². The molecule has 1 saturated heterocycles. The van der Waals surface area contributed by atoms with Crippen molar-refractivity contribution in [3.05, 3.63) is 98.1 Å². The van der Waals surface area contributed by atoms with Gasteiger partial charge in [-0.15, -0.1) is 0 Å². The molecule has 0 saturated carbocycles. The maximum atomic E-state index is 13.2. The summed E-state index contributed by atoms with van der Waals surface area (Å²) >= 11 is 6.14. The maximum absolute atomic E-state index is 13.2. The van der Waals surface area contributed by atoms with E-state index < -0.39 is 34.0 Å². The van der Waals surface area contributed by atoms with Crippen LogP contribution < -0.4 is 19.7 Å². The number of carbonyl (C=O) groups is 3. The van der Waals surface area contributed by atoms with Crippen molar-refractivity contribution in [2.75, 3.05) is 12.0 Å². The van der Waals surface area contributed by atoms with Crippen LogP contribution in [0.1, 0.15) is 16.7 Å². The van der Waals surface area contributed by atoms with E-state index in [1.165, 1.54) is 25.3 Å². The molecular formula is C26H20ClN3O7. The Hall–Kier alpha value is -4.70. The van der Waals surface area contributed by atoms with Gasteiger partial charge in [0.05, 0.1) is 29.4 Å². The van der Waals surface area contributed by atoms with Gasteiger partial charge in [0.25, 0.3) is 17.5 Å². The van der Waals surface area contributed by atoms with Crippen molar-refractivity contribution in [2.45, 2.75) is 13.5 Å². The topological polar surface area (TPSA) is 128 Å². The summed E-state index contributed by atoms with van der Waals surface area (Å²) in [6.07, 6.45) is 1.04. The standard InChI is InChI=1S/C26H20ClN3O7/c1-15-8-9-18(12-20(15)27)29-25(32)19(24(31)28-26(29)33)10-17-11-22(36-2)23(13-21(17)30(34)35)37-14-16-6-4-3-5-7-16/h3-13H,14H2,1-2H3,(H,28,31,33)/b19-10-. The number of rotatable bonds is 7. The zero-order valence-corrected chi connectivity index (χ0v) is 20.4. The van der Waals surface area contributed by atoms with E-state index in [0.717, 1.165) is 28.2 Å². The van der Waals surface area contributed by atoms with Gasteiger partial charge in [0.2, 0.25) is 0 Å². The van der Waals surface area contributed by atoms with E-state index in [0.29, 0.717) is 5.02 Å². The number of benzene rings is 3. The van der Waals surface area contributed by atoms with E-state index in [9.17, 15) is 24.5 Å². The number of ether oxygens (including phenoxy) is 2. The van der Waals surface area contributed by atoms with E-state index in [2.05, 4.69) is 5.32 Å². The monoisotopic (exact) mass is 521 g/mol. The van der Waals surface area contributed by atoms with Crippen LogP contribution in [-0.2, 0) is 16.2 Å². The van der Waals surface area contributed by atoms with Crippen molar-refractivity contribution in [2.24, 2.45) is 0 Å². The van der Waals surface area contributed by atoms with Crippen LogP contribution in [0.25, 0.3) is 6.08 Å². The number of carbonyl (C=O) groups excluding carboxylic acids is 3. The molecule has 10 nitrogen and oxygen atoms in total. The number of urea groups is 1. The summed E-state index contributed by atoms with van der Waals surface area (Å²) in [5.74, 6) is -1.71. The minimum atomic E-state index is -0.998. The molecule has 1 heterocycles. The smallest absolute Gasteiger partial charge is 0.335 e. The normalized spacial score (nSPS) is 14.5. The highest BCUT2D eigenvalue weighted by Crippen LogP contribution is 2.37.